The molecule has 0 bridgehead atoms. The number of anilines is 1. The highest BCUT2D eigenvalue weighted by Crippen LogP contribution is 2.22. The molecule has 0 unspecified atom stereocenters. The number of benzene rings is 2. The van der Waals surface area contributed by atoms with Crippen molar-refractivity contribution in [2.75, 3.05) is 11.2 Å². The van der Waals surface area contributed by atoms with Crippen molar-refractivity contribution in [2.24, 2.45) is 0 Å². The van der Waals surface area contributed by atoms with Gasteiger partial charge in [0, 0.05) is 6.04 Å². The molecular weight excluding hydrogens is 428 g/mol. The van der Waals surface area contributed by atoms with Gasteiger partial charge in [0.15, 0.2) is 9.84 Å². The van der Waals surface area contributed by atoms with E-state index in [4.69, 9.17) is 5.26 Å². The second kappa shape index (κ2) is 8.83. The lowest BCUT2D eigenvalue weighted by atomic mass is 10.2. The van der Waals surface area contributed by atoms with Gasteiger partial charge in [-0.1, -0.05) is 12.1 Å². The molecule has 0 heterocycles. The van der Waals surface area contributed by atoms with E-state index in [0.717, 1.165) is 12.8 Å². The topological polar surface area (TPSA) is 145 Å². The van der Waals surface area contributed by atoms with E-state index in [1.807, 2.05) is 6.07 Å². The Balaban J connectivity index is 1.51. The molecule has 2 aromatic carbocycles. The highest BCUT2D eigenvalue weighted by atomic mass is 32.2. The molecular formula is C19H20N4O5S2. The van der Waals surface area contributed by atoms with E-state index in [9.17, 15) is 21.6 Å². The quantitative estimate of drug-likeness (QED) is 0.486. The standard InChI is InChI=1S/C19H20N4O5S2/c20-11-14-1-3-15(4-2-14)12-29(25,26)13-19(24)22-21-16-7-9-18(10-8-16)30(27,28)23-17-5-6-17/h1-4,7-10,17,21,23H,5-6,12-13H2,(H,22,24). The maximum Gasteiger partial charge on any atom is 0.253 e. The predicted molar refractivity (Wildman–Crippen MR) is 110 cm³/mol. The zero-order chi connectivity index (χ0) is 21.8. The summed E-state index contributed by atoms with van der Waals surface area (Å²) in [6.07, 6.45) is 1.66. The summed E-state index contributed by atoms with van der Waals surface area (Å²) in [7, 11) is -7.28. The zero-order valence-corrected chi connectivity index (χ0v) is 17.5. The maximum atomic E-state index is 12.2. The van der Waals surface area contributed by atoms with Crippen LogP contribution in [0.3, 0.4) is 0 Å². The van der Waals surface area contributed by atoms with Crippen LogP contribution in [-0.2, 0) is 30.4 Å². The van der Waals surface area contributed by atoms with E-state index in [-0.39, 0.29) is 16.7 Å². The molecule has 30 heavy (non-hydrogen) atoms. The molecule has 0 saturated heterocycles. The van der Waals surface area contributed by atoms with Crippen molar-refractivity contribution in [1.82, 2.24) is 10.1 Å². The van der Waals surface area contributed by atoms with Gasteiger partial charge in [-0.05, 0) is 54.8 Å². The van der Waals surface area contributed by atoms with Crippen molar-refractivity contribution >= 4 is 31.5 Å². The van der Waals surface area contributed by atoms with Gasteiger partial charge < -0.3 is 0 Å². The third kappa shape index (κ3) is 6.28. The number of hydrogen-bond donors (Lipinski definition) is 3. The first-order chi connectivity index (χ1) is 14.2. The molecule has 158 valence electrons. The average Bonchev–Trinajstić information content (AvgIpc) is 3.50. The van der Waals surface area contributed by atoms with Crippen LogP contribution in [0.15, 0.2) is 53.4 Å². The number of carbonyl (C=O) groups excluding carboxylic acids is 1. The largest absolute Gasteiger partial charge is 0.299 e. The van der Waals surface area contributed by atoms with Gasteiger partial charge in [-0.15, -0.1) is 0 Å². The summed E-state index contributed by atoms with van der Waals surface area (Å²) in [5.74, 6) is -1.81. The lowest BCUT2D eigenvalue weighted by Gasteiger charge is -2.10. The van der Waals surface area contributed by atoms with E-state index in [1.54, 1.807) is 0 Å². The van der Waals surface area contributed by atoms with Crippen LogP contribution in [0.4, 0.5) is 5.69 Å². The first-order valence-electron chi connectivity index (χ1n) is 9.04. The molecule has 1 saturated carbocycles. The summed E-state index contributed by atoms with van der Waals surface area (Å²) >= 11 is 0. The van der Waals surface area contributed by atoms with Crippen LogP contribution in [0.25, 0.3) is 0 Å². The Morgan fingerprint density at radius 3 is 2.20 bits per heavy atom. The molecule has 0 aliphatic heterocycles. The number of amides is 1. The highest BCUT2D eigenvalue weighted by molar-refractivity contribution is 7.91. The van der Waals surface area contributed by atoms with Crippen LogP contribution in [-0.4, -0.2) is 34.5 Å². The lowest BCUT2D eigenvalue weighted by Crippen LogP contribution is -2.35. The molecule has 0 radical (unpaired) electrons. The average molecular weight is 449 g/mol. The number of hydrazine groups is 1. The fourth-order valence-corrected chi connectivity index (χ4v) is 5.14. The van der Waals surface area contributed by atoms with E-state index in [1.165, 1.54) is 48.5 Å². The fourth-order valence-electron chi connectivity index (χ4n) is 2.56. The number of hydrogen-bond acceptors (Lipinski definition) is 7. The van der Waals surface area contributed by atoms with E-state index < -0.39 is 31.5 Å². The van der Waals surface area contributed by atoms with Gasteiger partial charge in [-0.3, -0.25) is 15.6 Å². The van der Waals surface area contributed by atoms with Crippen molar-refractivity contribution in [3.63, 3.8) is 0 Å². The molecule has 3 N–H and O–H groups in total. The molecule has 0 spiro atoms. The number of nitrogens with zero attached hydrogens (tertiary/aromatic N) is 1. The Labute approximate surface area is 175 Å². The molecule has 1 aliphatic carbocycles. The zero-order valence-electron chi connectivity index (χ0n) is 15.8. The molecule has 9 nitrogen and oxygen atoms in total. The lowest BCUT2D eigenvalue weighted by molar-refractivity contribution is -0.118. The van der Waals surface area contributed by atoms with Crippen LogP contribution in [0.1, 0.15) is 24.0 Å². The summed E-state index contributed by atoms with van der Waals surface area (Å²) < 4.78 is 51.2. The number of nitriles is 1. The smallest absolute Gasteiger partial charge is 0.253 e. The van der Waals surface area contributed by atoms with E-state index in [0.29, 0.717) is 16.8 Å². The van der Waals surface area contributed by atoms with Gasteiger partial charge in [-0.2, -0.15) is 5.26 Å². The Morgan fingerprint density at radius 2 is 1.63 bits per heavy atom. The predicted octanol–water partition coefficient (Wildman–Crippen LogP) is 1.06. The van der Waals surface area contributed by atoms with Gasteiger partial charge in [0.05, 0.1) is 28.0 Å². The van der Waals surface area contributed by atoms with Crippen molar-refractivity contribution < 1.29 is 21.6 Å². The molecule has 0 atom stereocenters. The minimum absolute atomic E-state index is 0.00156. The monoisotopic (exact) mass is 448 g/mol. The molecule has 11 heteroatoms. The molecule has 1 aliphatic rings. The molecule has 1 fully saturated rings. The van der Waals surface area contributed by atoms with E-state index >= 15 is 0 Å². The summed E-state index contributed by atoms with van der Waals surface area (Å²) in [5, 5.41) is 8.76. The SMILES string of the molecule is N#Cc1ccc(CS(=O)(=O)CC(=O)NNc2ccc(S(=O)(=O)NC3CC3)cc2)cc1. The normalized spacial score (nSPS) is 14.0. The molecule has 0 aromatic heterocycles. The van der Waals surface area contributed by atoms with Crippen LogP contribution in [0.5, 0.6) is 0 Å². The van der Waals surface area contributed by atoms with Gasteiger partial charge in [-0.25, -0.2) is 21.6 Å². The number of sulfonamides is 1. The van der Waals surface area contributed by atoms with Crippen LogP contribution in [0.2, 0.25) is 0 Å². The van der Waals surface area contributed by atoms with Crippen molar-refractivity contribution in [3.8, 4) is 6.07 Å². The number of carbonyl (C=O) groups is 1. The van der Waals surface area contributed by atoms with Crippen molar-refractivity contribution in [1.29, 1.82) is 5.26 Å². The van der Waals surface area contributed by atoms with Crippen LogP contribution in [0, 0.1) is 11.3 Å². The Bertz CT molecular complexity index is 1160. The first kappa shape index (κ1) is 21.8. The fraction of sp³-hybridized carbons (Fsp3) is 0.263. The van der Waals surface area contributed by atoms with Gasteiger partial charge in [0.1, 0.15) is 5.75 Å². The third-order valence-electron chi connectivity index (χ3n) is 4.23. The minimum atomic E-state index is -3.71. The van der Waals surface area contributed by atoms with E-state index in [2.05, 4.69) is 15.6 Å². The Kier molecular flexibility index (Phi) is 6.40. The van der Waals surface area contributed by atoms with Gasteiger partial charge >= 0.3 is 0 Å². The summed E-state index contributed by atoms with van der Waals surface area (Å²) in [5.41, 5.74) is 6.14. The van der Waals surface area contributed by atoms with Gasteiger partial charge in [0.25, 0.3) is 5.91 Å². The second-order valence-corrected chi connectivity index (χ2v) is 10.7. The maximum absolute atomic E-state index is 12.2. The van der Waals surface area contributed by atoms with Gasteiger partial charge in [0.2, 0.25) is 10.0 Å². The molecule has 1 amide bonds. The minimum Gasteiger partial charge on any atom is -0.299 e. The second-order valence-electron chi connectivity index (χ2n) is 6.93. The third-order valence-corrected chi connectivity index (χ3v) is 7.24. The Morgan fingerprint density at radius 1 is 1.00 bits per heavy atom. The molecule has 3 rings (SSSR count). The summed E-state index contributed by atoms with van der Waals surface area (Å²) in [4.78, 5) is 12.1. The van der Waals surface area contributed by atoms with Crippen molar-refractivity contribution in [2.45, 2.75) is 29.5 Å². The number of sulfone groups is 1. The number of rotatable bonds is 9. The van der Waals surface area contributed by atoms with Crippen LogP contribution >= 0.6 is 0 Å². The Hall–Kier alpha value is -2.94. The highest BCUT2D eigenvalue weighted by Gasteiger charge is 2.27. The first-order valence-corrected chi connectivity index (χ1v) is 12.3. The van der Waals surface area contributed by atoms with Crippen LogP contribution < -0.4 is 15.6 Å². The summed E-state index contributed by atoms with van der Waals surface area (Å²) in [6, 6.07) is 13.7. The molecule has 2 aromatic rings. The summed E-state index contributed by atoms with van der Waals surface area (Å²) in [6.45, 7) is 0. The number of nitrogens with one attached hydrogen (secondary N) is 3. The van der Waals surface area contributed by atoms with Crippen molar-refractivity contribution in [3.05, 3.63) is 59.7 Å².